The van der Waals surface area contributed by atoms with Crippen LogP contribution in [0.5, 0.6) is 0 Å². The van der Waals surface area contributed by atoms with Gasteiger partial charge < -0.3 is 14.9 Å². The highest BCUT2D eigenvalue weighted by atomic mass is 19.4. The number of amides is 1. The van der Waals surface area contributed by atoms with E-state index in [1.165, 1.54) is 0 Å². The second kappa shape index (κ2) is 4.96. The van der Waals surface area contributed by atoms with Gasteiger partial charge in [0.1, 0.15) is 18.0 Å². The number of hydrogen-bond donors (Lipinski definition) is 1. The van der Waals surface area contributed by atoms with E-state index in [4.69, 9.17) is 0 Å². The zero-order valence-corrected chi connectivity index (χ0v) is 11.4. The fourth-order valence-electron chi connectivity index (χ4n) is 3.56. The summed E-state index contributed by atoms with van der Waals surface area (Å²) in [6.07, 6.45) is 2.27. The van der Waals surface area contributed by atoms with E-state index in [1.807, 2.05) is 0 Å². The first-order chi connectivity index (χ1) is 9.88. The fraction of sp³-hybridized carbons (Fsp3) is 0.643. The van der Waals surface area contributed by atoms with Crippen molar-refractivity contribution in [2.75, 3.05) is 6.54 Å². The molecule has 7 heteroatoms. The van der Waals surface area contributed by atoms with Crippen LogP contribution in [-0.4, -0.2) is 45.6 Å². The lowest BCUT2D eigenvalue weighted by Crippen LogP contribution is -2.62. The van der Waals surface area contributed by atoms with Crippen molar-refractivity contribution in [2.45, 2.75) is 50.4 Å². The van der Waals surface area contributed by atoms with Crippen molar-refractivity contribution < 1.29 is 23.1 Å². The Balaban J connectivity index is 1.98. The van der Waals surface area contributed by atoms with Crippen LogP contribution in [0.3, 0.4) is 0 Å². The first-order valence-electron chi connectivity index (χ1n) is 7.13. The maximum absolute atomic E-state index is 12.8. The molecular formula is C14H17F3N2O2. The topological polar surface area (TPSA) is 43.8 Å². The van der Waals surface area contributed by atoms with Gasteiger partial charge in [0.15, 0.2) is 0 Å². The van der Waals surface area contributed by atoms with E-state index in [0.29, 0.717) is 6.42 Å². The van der Waals surface area contributed by atoms with Crippen LogP contribution in [0.15, 0.2) is 23.7 Å². The molecule has 0 bridgehead atoms. The average Bonchev–Trinajstić information content (AvgIpc) is 2.42. The molecule has 0 aromatic carbocycles. The average molecular weight is 302 g/mol. The molecule has 0 radical (unpaired) electrons. The zero-order valence-electron chi connectivity index (χ0n) is 11.4. The Morgan fingerprint density at radius 2 is 1.90 bits per heavy atom. The van der Waals surface area contributed by atoms with Crippen LogP contribution in [-0.2, 0) is 4.79 Å². The minimum Gasteiger partial charge on any atom is -0.510 e. The van der Waals surface area contributed by atoms with Crippen molar-refractivity contribution in [2.24, 2.45) is 0 Å². The summed E-state index contributed by atoms with van der Waals surface area (Å²) in [5.41, 5.74) is 0.0184. The Morgan fingerprint density at radius 1 is 1.24 bits per heavy atom. The number of piperazine rings is 1. The Morgan fingerprint density at radius 3 is 2.57 bits per heavy atom. The number of carbonyl (C=O) groups excluding carboxylic acids is 1. The van der Waals surface area contributed by atoms with E-state index in [9.17, 15) is 23.1 Å². The summed E-state index contributed by atoms with van der Waals surface area (Å²) in [4.78, 5) is 15.0. The summed E-state index contributed by atoms with van der Waals surface area (Å²) in [5, 5.41) is 9.94. The van der Waals surface area contributed by atoms with Crippen molar-refractivity contribution >= 4 is 5.91 Å². The molecule has 2 atom stereocenters. The summed E-state index contributed by atoms with van der Waals surface area (Å²) in [7, 11) is 0. The Labute approximate surface area is 120 Å². The first-order valence-corrected chi connectivity index (χ1v) is 7.13. The Kier molecular flexibility index (Phi) is 3.37. The van der Waals surface area contributed by atoms with Gasteiger partial charge in [-0.25, -0.2) is 0 Å². The van der Waals surface area contributed by atoms with Gasteiger partial charge in [-0.1, -0.05) is 18.9 Å². The molecule has 2 aliphatic heterocycles. The molecule has 1 saturated carbocycles. The zero-order chi connectivity index (χ0) is 15.2. The van der Waals surface area contributed by atoms with Crippen LogP contribution in [0, 0.1) is 0 Å². The van der Waals surface area contributed by atoms with Crippen molar-refractivity contribution in [1.82, 2.24) is 9.80 Å². The summed E-state index contributed by atoms with van der Waals surface area (Å²) in [6, 6.07) is -0.611. The monoisotopic (exact) mass is 302 g/mol. The molecule has 3 aliphatic rings. The smallest absolute Gasteiger partial charge is 0.406 e. The van der Waals surface area contributed by atoms with Crippen molar-refractivity contribution in [1.29, 1.82) is 0 Å². The van der Waals surface area contributed by atoms with Crippen LogP contribution in [0.2, 0.25) is 0 Å². The Bertz CT molecular complexity index is 513. The number of halogens is 3. The highest BCUT2D eigenvalue weighted by Gasteiger charge is 2.48. The predicted octanol–water partition coefficient (Wildman–Crippen LogP) is 2.69. The van der Waals surface area contributed by atoms with E-state index >= 15 is 0 Å². The van der Waals surface area contributed by atoms with E-state index in [2.05, 4.69) is 0 Å². The van der Waals surface area contributed by atoms with Gasteiger partial charge in [-0.15, -0.1) is 0 Å². The molecule has 0 unspecified atom stereocenters. The lowest BCUT2D eigenvalue weighted by molar-refractivity contribution is -0.172. The van der Waals surface area contributed by atoms with Gasteiger partial charge >= 0.3 is 6.18 Å². The second-order valence-corrected chi connectivity index (χ2v) is 5.76. The fourth-order valence-corrected chi connectivity index (χ4v) is 3.56. The molecule has 0 aromatic rings. The van der Waals surface area contributed by atoms with Crippen LogP contribution in [0.1, 0.15) is 32.1 Å². The number of aliphatic hydroxyl groups excluding tert-OH is 1. The van der Waals surface area contributed by atoms with Gasteiger partial charge in [0.25, 0.3) is 5.91 Å². The number of nitrogens with zero attached hydrogens (tertiary/aromatic N) is 2. The quantitative estimate of drug-likeness (QED) is 0.810. The molecule has 4 nitrogen and oxygen atoms in total. The number of allylic oxidation sites excluding steroid dienone is 1. The largest absolute Gasteiger partial charge is 0.510 e. The van der Waals surface area contributed by atoms with Gasteiger partial charge in [-0.05, 0) is 12.8 Å². The van der Waals surface area contributed by atoms with E-state index < -0.39 is 24.7 Å². The summed E-state index contributed by atoms with van der Waals surface area (Å²) >= 11 is 0. The molecular weight excluding hydrogens is 285 g/mol. The van der Waals surface area contributed by atoms with Crippen LogP contribution in [0.4, 0.5) is 13.2 Å². The third-order valence-corrected chi connectivity index (χ3v) is 4.37. The minimum atomic E-state index is -4.43. The molecule has 1 saturated heterocycles. The van der Waals surface area contributed by atoms with Crippen LogP contribution < -0.4 is 0 Å². The van der Waals surface area contributed by atoms with Gasteiger partial charge in [-0.2, -0.15) is 13.2 Å². The number of alkyl halides is 3. The van der Waals surface area contributed by atoms with Gasteiger partial charge in [0.05, 0.1) is 12.1 Å². The normalized spacial score (nSPS) is 29.6. The maximum atomic E-state index is 12.8. The van der Waals surface area contributed by atoms with Gasteiger partial charge in [0.2, 0.25) is 0 Å². The van der Waals surface area contributed by atoms with E-state index in [0.717, 1.165) is 24.2 Å². The third-order valence-electron chi connectivity index (χ3n) is 4.37. The number of fused-ring (bicyclic) bond motifs is 3. The van der Waals surface area contributed by atoms with Crippen molar-refractivity contribution in [3.05, 3.63) is 23.7 Å². The standard InChI is InChI=1S/C14H17F3N2O2/c15-14(16,17)8-19-10-5-2-1-4-9(10)18-7-3-6-11(20)12(18)13(19)21/h3,7,9-10,20H,1-2,4-6,8H2/t9-,10-/m1/s1. The molecule has 21 heavy (non-hydrogen) atoms. The van der Waals surface area contributed by atoms with E-state index in [-0.39, 0.29) is 23.9 Å². The molecule has 3 rings (SSSR count). The first kappa shape index (κ1) is 14.3. The van der Waals surface area contributed by atoms with Crippen LogP contribution in [0.25, 0.3) is 0 Å². The molecule has 2 heterocycles. The highest BCUT2D eigenvalue weighted by molar-refractivity contribution is 5.95. The molecule has 116 valence electrons. The number of rotatable bonds is 1. The van der Waals surface area contributed by atoms with Crippen molar-refractivity contribution in [3.8, 4) is 0 Å². The van der Waals surface area contributed by atoms with Gasteiger partial charge in [-0.3, -0.25) is 4.79 Å². The number of hydrogen-bond acceptors (Lipinski definition) is 3. The Hall–Kier alpha value is -1.66. The summed E-state index contributed by atoms with van der Waals surface area (Å²) in [6.45, 7) is -1.25. The summed E-state index contributed by atoms with van der Waals surface area (Å²) < 4.78 is 38.4. The van der Waals surface area contributed by atoms with Gasteiger partial charge in [0, 0.05) is 12.6 Å². The molecule has 1 amide bonds. The minimum absolute atomic E-state index is 0.0184. The molecule has 0 spiro atoms. The molecule has 1 N–H and O–H groups in total. The predicted molar refractivity (Wildman–Crippen MR) is 69.1 cm³/mol. The number of carbonyl (C=O) groups is 1. The molecule has 0 aromatic heterocycles. The lowest BCUT2D eigenvalue weighted by atomic mass is 9.84. The third kappa shape index (κ3) is 2.49. The SMILES string of the molecule is O=C1C2=C(O)CC=CN2[C@@H]2CCCC[C@H]2N1CC(F)(F)F. The van der Waals surface area contributed by atoms with Crippen LogP contribution >= 0.6 is 0 Å². The van der Waals surface area contributed by atoms with E-state index in [1.54, 1.807) is 17.2 Å². The molecule has 2 fully saturated rings. The maximum Gasteiger partial charge on any atom is 0.406 e. The number of aliphatic hydroxyl groups is 1. The molecule has 1 aliphatic carbocycles. The second-order valence-electron chi connectivity index (χ2n) is 5.76. The summed E-state index contributed by atoms with van der Waals surface area (Å²) in [5.74, 6) is -0.851. The lowest BCUT2D eigenvalue weighted by Gasteiger charge is -2.51. The van der Waals surface area contributed by atoms with Crippen molar-refractivity contribution in [3.63, 3.8) is 0 Å². The highest BCUT2D eigenvalue weighted by Crippen LogP contribution is 2.38.